The number of carbonyl (C=O) groups excluding carboxylic acids is 2. The first-order chi connectivity index (χ1) is 14.6. The molecular formula is C24H33NO5S. The van der Waals surface area contributed by atoms with Crippen LogP contribution in [-0.2, 0) is 27.2 Å². The molecule has 2 bridgehead atoms. The first kappa shape index (κ1) is 22.3. The minimum absolute atomic E-state index is 0.0897. The molecule has 3 aliphatic carbocycles. The Labute approximate surface area is 187 Å². The number of fused-ring (bicyclic) bond motifs is 3. The molecule has 0 radical (unpaired) electrons. The second kappa shape index (κ2) is 8.23. The number of aliphatic carboxylic acids is 1. The molecule has 1 heterocycles. The van der Waals surface area contributed by atoms with Crippen LogP contribution in [0, 0.1) is 35.0 Å². The third kappa shape index (κ3) is 4.01. The molecule has 170 valence electrons. The number of hydrogen-bond donors (Lipinski definition) is 2. The van der Waals surface area contributed by atoms with E-state index in [2.05, 4.69) is 26.1 Å². The lowest BCUT2D eigenvalue weighted by Gasteiger charge is -2.33. The molecule has 7 heteroatoms. The molecule has 2 saturated carbocycles. The zero-order valence-electron chi connectivity index (χ0n) is 18.8. The van der Waals surface area contributed by atoms with Gasteiger partial charge in [-0.1, -0.05) is 20.8 Å². The van der Waals surface area contributed by atoms with Crippen LogP contribution in [0.15, 0.2) is 0 Å². The normalized spacial score (nSPS) is 29.5. The van der Waals surface area contributed by atoms with E-state index in [9.17, 15) is 19.5 Å². The van der Waals surface area contributed by atoms with Gasteiger partial charge in [0, 0.05) is 4.88 Å². The van der Waals surface area contributed by atoms with Gasteiger partial charge in [-0.2, -0.15) is 0 Å². The van der Waals surface area contributed by atoms with Crippen molar-refractivity contribution < 1.29 is 24.2 Å². The third-order valence-electron chi connectivity index (χ3n) is 7.71. The minimum Gasteiger partial charge on any atom is -0.481 e. The number of esters is 1. The second-order valence-electron chi connectivity index (χ2n) is 10.4. The van der Waals surface area contributed by atoms with Crippen LogP contribution in [0.5, 0.6) is 0 Å². The molecule has 1 aromatic heterocycles. The maximum Gasteiger partial charge on any atom is 0.341 e. The Kier molecular flexibility index (Phi) is 5.92. The summed E-state index contributed by atoms with van der Waals surface area (Å²) in [6.07, 6.45) is 5.29. The van der Waals surface area contributed by atoms with E-state index < -0.39 is 23.8 Å². The maximum atomic E-state index is 13.3. The number of carbonyl (C=O) groups is 3. The van der Waals surface area contributed by atoms with Crippen molar-refractivity contribution in [3.63, 3.8) is 0 Å². The SMILES string of the molecule is CCOC(=O)c1c(NC(=O)[C@@H]2[C@H]3CC[C@@H](C3)[C@@H]2C(=O)O)sc2c1CC[C@@H](C(C)(C)C)C2. The van der Waals surface area contributed by atoms with Gasteiger partial charge in [0.1, 0.15) is 5.00 Å². The number of thiophene rings is 1. The topological polar surface area (TPSA) is 92.7 Å². The monoisotopic (exact) mass is 447 g/mol. The van der Waals surface area contributed by atoms with Crippen LogP contribution in [0.3, 0.4) is 0 Å². The molecule has 6 nitrogen and oxygen atoms in total. The van der Waals surface area contributed by atoms with Crippen LogP contribution < -0.4 is 5.32 Å². The largest absolute Gasteiger partial charge is 0.481 e. The van der Waals surface area contributed by atoms with Gasteiger partial charge in [0.25, 0.3) is 0 Å². The van der Waals surface area contributed by atoms with Gasteiger partial charge in [-0.25, -0.2) is 4.79 Å². The molecule has 0 aromatic carbocycles. The minimum atomic E-state index is -0.878. The van der Waals surface area contributed by atoms with Crippen molar-refractivity contribution in [1.82, 2.24) is 0 Å². The highest BCUT2D eigenvalue weighted by molar-refractivity contribution is 7.17. The summed E-state index contributed by atoms with van der Waals surface area (Å²) in [6, 6.07) is 0. The number of anilines is 1. The first-order valence-corrected chi connectivity index (χ1v) is 12.3. The summed E-state index contributed by atoms with van der Waals surface area (Å²) in [6.45, 7) is 8.78. The molecule has 0 saturated heterocycles. The van der Waals surface area contributed by atoms with Gasteiger partial charge >= 0.3 is 11.9 Å². The van der Waals surface area contributed by atoms with Crippen LogP contribution >= 0.6 is 11.3 Å². The van der Waals surface area contributed by atoms with Gasteiger partial charge in [-0.05, 0) is 74.2 Å². The summed E-state index contributed by atoms with van der Waals surface area (Å²) in [5.74, 6) is -1.94. The predicted octanol–water partition coefficient (Wildman–Crippen LogP) is 4.76. The number of amides is 1. The Morgan fingerprint density at radius 1 is 1.13 bits per heavy atom. The highest BCUT2D eigenvalue weighted by Crippen LogP contribution is 2.53. The summed E-state index contributed by atoms with van der Waals surface area (Å²) in [4.78, 5) is 39.1. The highest BCUT2D eigenvalue weighted by atomic mass is 32.1. The molecule has 2 fully saturated rings. The number of ether oxygens (including phenoxy) is 1. The van der Waals surface area contributed by atoms with E-state index in [1.165, 1.54) is 11.3 Å². The Hall–Kier alpha value is -1.89. The molecule has 1 aromatic rings. The quantitative estimate of drug-likeness (QED) is 0.635. The third-order valence-corrected chi connectivity index (χ3v) is 8.88. The lowest BCUT2D eigenvalue weighted by atomic mass is 9.72. The van der Waals surface area contributed by atoms with E-state index in [1.807, 2.05) is 0 Å². The molecule has 3 aliphatic rings. The number of nitrogens with one attached hydrogen (secondary N) is 1. The number of rotatable bonds is 5. The Bertz CT molecular complexity index is 899. The van der Waals surface area contributed by atoms with Crippen molar-refractivity contribution in [2.75, 3.05) is 11.9 Å². The van der Waals surface area contributed by atoms with E-state index in [0.717, 1.165) is 49.0 Å². The van der Waals surface area contributed by atoms with Crippen molar-refractivity contribution in [3.05, 3.63) is 16.0 Å². The van der Waals surface area contributed by atoms with Gasteiger partial charge in [0.05, 0.1) is 24.0 Å². The molecule has 0 spiro atoms. The van der Waals surface area contributed by atoms with Crippen LogP contribution in [-0.4, -0.2) is 29.6 Å². The van der Waals surface area contributed by atoms with Gasteiger partial charge in [-0.3, -0.25) is 9.59 Å². The Morgan fingerprint density at radius 2 is 1.81 bits per heavy atom. The summed E-state index contributed by atoms with van der Waals surface area (Å²) >= 11 is 1.47. The second-order valence-corrected chi connectivity index (χ2v) is 11.6. The smallest absolute Gasteiger partial charge is 0.341 e. The molecule has 5 atom stereocenters. The molecule has 0 unspecified atom stereocenters. The van der Waals surface area contributed by atoms with Crippen molar-refractivity contribution in [3.8, 4) is 0 Å². The number of hydrogen-bond acceptors (Lipinski definition) is 5. The van der Waals surface area contributed by atoms with E-state index in [4.69, 9.17) is 4.74 Å². The van der Waals surface area contributed by atoms with E-state index >= 15 is 0 Å². The molecule has 0 aliphatic heterocycles. The summed E-state index contributed by atoms with van der Waals surface area (Å²) in [5, 5.41) is 13.2. The fourth-order valence-electron chi connectivity index (χ4n) is 6.05. The standard InChI is InChI=1S/C24H33NO5S/c1-5-30-23(29)19-15-9-8-14(24(2,3)4)11-16(15)31-21(19)25-20(26)17-12-6-7-13(10-12)18(17)22(27)28/h12-14,17-18H,5-11H2,1-4H3,(H,25,26)(H,27,28)/t12-,13-,14+,17+,18-/m0/s1. The summed E-state index contributed by atoms with van der Waals surface area (Å²) in [7, 11) is 0. The zero-order chi connectivity index (χ0) is 22.5. The number of carboxylic acids is 1. The van der Waals surface area contributed by atoms with Crippen LogP contribution in [0.4, 0.5) is 5.00 Å². The molecule has 31 heavy (non-hydrogen) atoms. The van der Waals surface area contributed by atoms with Crippen molar-refractivity contribution in [2.45, 2.75) is 66.2 Å². The van der Waals surface area contributed by atoms with Crippen molar-refractivity contribution in [1.29, 1.82) is 0 Å². The molecule has 2 N–H and O–H groups in total. The fraction of sp³-hybridized carbons (Fsp3) is 0.708. The molecular weight excluding hydrogens is 414 g/mol. The van der Waals surface area contributed by atoms with Crippen LogP contribution in [0.2, 0.25) is 0 Å². The molecule has 4 rings (SSSR count). The van der Waals surface area contributed by atoms with Crippen LogP contribution in [0.25, 0.3) is 0 Å². The highest BCUT2D eigenvalue weighted by Gasteiger charge is 2.54. The van der Waals surface area contributed by atoms with Crippen molar-refractivity contribution in [2.24, 2.45) is 35.0 Å². The summed E-state index contributed by atoms with van der Waals surface area (Å²) in [5.41, 5.74) is 1.66. The average Bonchev–Trinajstić information content (AvgIpc) is 3.38. The Balaban J connectivity index is 1.63. The maximum absolute atomic E-state index is 13.3. The van der Waals surface area contributed by atoms with Crippen LogP contribution in [0.1, 0.15) is 74.2 Å². The fourth-order valence-corrected chi connectivity index (χ4v) is 7.37. The van der Waals surface area contributed by atoms with Gasteiger partial charge in [0.2, 0.25) is 5.91 Å². The zero-order valence-corrected chi connectivity index (χ0v) is 19.6. The molecule has 1 amide bonds. The lowest BCUT2D eigenvalue weighted by molar-refractivity contribution is -0.148. The van der Waals surface area contributed by atoms with Gasteiger partial charge in [0.15, 0.2) is 0 Å². The van der Waals surface area contributed by atoms with Crippen molar-refractivity contribution >= 4 is 34.2 Å². The Morgan fingerprint density at radius 3 is 2.42 bits per heavy atom. The lowest BCUT2D eigenvalue weighted by Crippen LogP contribution is -2.38. The van der Waals surface area contributed by atoms with E-state index in [0.29, 0.717) is 16.5 Å². The van der Waals surface area contributed by atoms with Gasteiger partial charge < -0.3 is 15.2 Å². The summed E-state index contributed by atoms with van der Waals surface area (Å²) < 4.78 is 5.33. The van der Waals surface area contributed by atoms with E-state index in [-0.39, 0.29) is 29.8 Å². The van der Waals surface area contributed by atoms with E-state index in [1.54, 1.807) is 6.92 Å². The number of carboxylic acid groups (broad SMARTS) is 1. The average molecular weight is 448 g/mol. The predicted molar refractivity (Wildman–Crippen MR) is 119 cm³/mol. The van der Waals surface area contributed by atoms with Gasteiger partial charge in [-0.15, -0.1) is 11.3 Å². The first-order valence-electron chi connectivity index (χ1n) is 11.5.